The second-order valence-corrected chi connectivity index (χ2v) is 16.8. The van der Waals surface area contributed by atoms with Gasteiger partial charge in [-0.05, 0) is 49.6 Å². The third kappa shape index (κ3) is 11.8. The van der Waals surface area contributed by atoms with Crippen LogP contribution in [0.5, 0.6) is 0 Å². The summed E-state index contributed by atoms with van der Waals surface area (Å²) in [6.07, 6.45) is 4.17. The van der Waals surface area contributed by atoms with Gasteiger partial charge in [0.05, 0.1) is 47.8 Å². The molecule has 0 spiro atoms. The van der Waals surface area contributed by atoms with Gasteiger partial charge in [-0.25, -0.2) is 4.98 Å². The van der Waals surface area contributed by atoms with E-state index >= 15 is 0 Å². The average molecular weight is 787 g/mol. The molecule has 13 heteroatoms. The van der Waals surface area contributed by atoms with Gasteiger partial charge in [-0.2, -0.15) is 0 Å². The first-order chi connectivity index (χ1) is 25.7. The van der Waals surface area contributed by atoms with E-state index in [4.69, 9.17) is 21.7 Å². The average Bonchev–Trinajstić information content (AvgIpc) is 3.87. The number of nitrogens with zero attached hydrogens (tertiary/aromatic N) is 3. The number of hydrogen-bond acceptors (Lipinski definition) is 9. The van der Waals surface area contributed by atoms with Gasteiger partial charge in [0, 0.05) is 45.3 Å². The van der Waals surface area contributed by atoms with Crippen molar-refractivity contribution in [3.8, 4) is 0 Å². The van der Waals surface area contributed by atoms with Gasteiger partial charge in [-0.3, -0.25) is 14.4 Å². The highest BCUT2D eigenvalue weighted by atomic mass is 32.1. The topological polar surface area (TPSA) is 125 Å². The van der Waals surface area contributed by atoms with E-state index in [9.17, 15) is 14.4 Å². The lowest BCUT2D eigenvalue weighted by atomic mass is 9.89. The fourth-order valence-corrected chi connectivity index (χ4v) is 8.77. The number of hydrogen-bond donors (Lipinski definition) is 3. The van der Waals surface area contributed by atoms with Crippen LogP contribution in [0.2, 0.25) is 0 Å². The maximum absolute atomic E-state index is 14.3. The molecular weight excluding hydrogens is 721 g/mol. The molecule has 1 saturated heterocycles. The lowest BCUT2D eigenvalue weighted by Gasteiger charge is -2.41. The second-order valence-electron chi connectivity index (χ2n) is 15.5. The van der Waals surface area contributed by atoms with Crippen LogP contribution >= 0.6 is 23.6 Å². The Kier molecular flexibility index (Phi) is 18.5. The molecule has 0 aliphatic carbocycles. The highest BCUT2D eigenvalue weighted by molar-refractivity contribution is 7.80. The van der Waals surface area contributed by atoms with E-state index in [1.807, 2.05) is 62.4 Å². The first-order valence-electron chi connectivity index (χ1n) is 19.5. The molecule has 302 valence electrons. The molecule has 2 heterocycles. The van der Waals surface area contributed by atoms with E-state index in [0.717, 1.165) is 30.7 Å². The number of amides is 3. The number of benzene rings is 1. The summed E-state index contributed by atoms with van der Waals surface area (Å²) < 4.78 is 12.2. The zero-order valence-corrected chi connectivity index (χ0v) is 36.0. The lowest BCUT2D eigenvalue weighted by molar-refractivity contribution is -0.147. The van der Waals surface area contributed by atoms with Crippen molar-refractivity contribution in [1.29, 1.82) is 0 Å². The van der Waals surface area contributed by atoms with Crippen molar-refractivity contribution in [2.24, 2.45) is 23.7 Å². The lowest BCUT2D eigenvalue weighted by Crippen LogP contribution is -2.59. The smallest absolute Gasteiger partial charge is 0.245 e. The molecular formula is C41H66N6O5S2. The van der Waals surface area contributed by atoms with Gasteiger partial charge < -0.3 is 35.2 Å². The quantitative estimate of drug-likeness (QED) is 0.138. The van der Waals surface area contributed by atoms with E-state index in [1.54, 1.807) is 44.6 Å². The molecule has 1 aliphatic rings. The van der Waals surface area contributed by atoms with E-state index in [2.05, 4.69) is 53.8 Å². The number of rotatable bonds is 21. The molecule has 54 heavy (non-hydrogen) atoms. The maximum atomic E-state index is 14.3. The minimum Gasteiger partial charge on any atom is -0.379 e. The summed E-state index contributed by atoms with van der Waals surface area (Å²) in [7, 11) is 6.81. The highest BCUT2D eigenvalue weighted by Gasteiger charge is 2.42. The van der Waals surface area contributed by atoms with Crippen LogP contribution in [0.1, 0.15) is 90.8 Å². The molecule has 3 amide bonds. The first-order valence-corrected chi connectivity index (χ1v) is 20.8. The number of likely N-dealkylation sites (N-methyl/N-ethyl adjacent to an activating group) is 2. The van der Waals surface area contributed by atoms with Crippen molar-refractivity contribution in [3.63, 3.8) is 0 Å². The fourth-order valence-electron chi connectivity index (χ4n) is 7.81. The van der Waals surface area contributed by atoms with Gasteiger partial charge >= 0.3 is 0 Å². The number of thiazole rings is 1. The van der Waals surface area contributed by atoms with Crippen LogP contribution in [-0.4, -0.2) is 109 Å². The van der Waals surface area contributed by atoms with Crippen molar-refractivity contribution in [2.75, 3.05) is 34.9 Å². The SMILES string of the molecule is CC[C@H](C)[C@@H]([C@@H](CC(=O)N1CCC[C@H]1[C@H](OC)[C@@H](C)C(=S)N[C@@H](Cc1ccccc1)c1nccs1)OC)N(C)C(=O)[C@@H](NC(=O)[C@@H](NC)C(C)C)C(C)C. The van der Waals surface area contributed by atoms with Crippen LogP contribution in [0.25, 0.3) is 0 Å². The van der Waals surface area contributed by atoms with Crippen molar-refractivity contribution in [1.82, 2.24) is 30.7 Å². The van der Waals surface area contributed by atoms with E-state index in [0.29, 0.717) is 11.5 Å². The Balaban J connectivity index is 1.78. The summed E-state index contributed by atoms with van der Waals surface area (Å²) in [4.78, 5) is 50.6. The van der Waals surface area contributed by atoms with Crippen LogP contribution in [0.4, 0.5) is 0 Å². The Morgan fingerprint density at radius 3 is 2.22 bits per heavy atom. The molecule has 0 radical (unpaired) electrons. The summed E-state index contributed by atoms with van der Waals surface area (Å²) in [5, 5.41) is 12.6. The largest absolute Gasteiger partial charge is 0.379 e. The zero-order valence-electron chi connectivity index (χ0n) is 34.3. The fraction of sp³-hybridized carbons (Fsp3) is 0.683. The van der Waals surface area contributed by atoms with Crippen LogP contribution in [0.15, 0.2) is 41.9 Å². The molecule has 0 unspecified atom stereocenters. The molecule has 0 bridgehead atoms. The molecule has 2 aromatic rings. The van der Waals surface area contributed by atoms with Gasteiger partial charge in [0.15, 0.2) is 0 Å². The Labute approximate surface area is 333 Å². The van der Waals surface area contributed by atoms with Gasteiger partial charge in [0.2, 0.25) is 17.7 Å². The summed E-state index contributed by atoms with van der Waals surface area (Å²) in [6, 6.07) is 8.46. The number of nitrogens with one attached hydrogen (secondary N) is 3. The van der Waals surface area contributed by atoms with Crippen molar-refractivity contribution in [3.05, 3.63) is 52.5 Å². The third-order valence-electron chi connectivity index (χ3n) is 11.1. The van der Waals surface area contributed by atoms with Gasteiger partial charge in [0.25, 0.3) is 0 Å². The maximum Gasteiger partial charge on any atom is 0.245 e. The number of likely N-dealkylation sites (tertiary alicyclic amines) is 1. The Hall–Kier alpha value is -2.97. The normalized spacial score (nSPS) is 19.1. The Morgan fingerprint density at radius 2 is 1.69 bits per heavy atom. The number of thiocarbonyl (C=S) groups is 1. The monoisotopic (exact) mass is 786 g/mol. The minimum atomic E-state index is -0.732. The number of ether oxygens (including phenoxy) is 2. The number of aromatic nitrogens is 1. The molecule has 1 aromatic heterocycles. The highest BCUT2D eigenvalue weighted by Crippen LogP contribution is 2.31. The van der Waals surface area contributed by atoms with Crippen LogP contribution < -0.4 is 16.0 Å². The molecule has 11 nitrogen and oxygen atoms in total. The van der Waals surface area contributed by atoms with Gasteiger partial charge in [-0.1, -0.05) is 97.4 Å². The predicted octanol–water partition coefficient (Wildman–Crippen LogP) is 5.65. The van der Waals surface area contributed by atoms with Crippen molar-refractivity contribution >= 4 is 46.3 Å². The van der Waals surface area contributed by atoms with Crippen LogP contribution in [0, 0.1) is 23.7 Å². The molecule has 3 rings (SSSR count). The number of carbonyl (C=O) groups is 3. The number of carbonyl (C=O) groups excluding carboxylic acids is 3. The summed E-state index contributed by atoms with van der Waals surface area (Å²) in [5.41, 5.74) is 1.19. The standard InChI is InChI=1S/C41H66N6O5S2/c1-12-27(6)36(46(9)41(50)35(26(4)5)45-38(49)34(42-8)25(2)3)32(51-10)24-33(48)47-21-16-19-31(47)37(52-11)28(7)39(53)44-30(40-43-20-22-54-40)23-29-17-14-13-15-18-29/h13-15,17-18,20,22,25-28,30-32,34-37,42H,12,16,19,21,23-24H2,1-11H3,(H,44,53)(H,45,49)/t27-,28+,30-,31-,32+,34-,35-,36-,37+/m0/s1. The third-order valence-corrected chi connectivity index (χ3v) is 12.5. The van der Waals surface area contributed by atoms with Gasteiger partial charge in [-0.15, -0.1) is 11.3 Å². The minimum absolute atomic E-state index is 0.0205. The van der Waals surface area contributed by atoms with Crippen molar-refractivity contribution in [2.45, 2.75) is 123 Å². The summed E-state index contributed by atoms with van der Waals surface area (Å²) >= 11 is 7.64. The van der Waals surface area contributed by atoms with Gasteiger partial charge in [0.1, 0.15) is 11.0 Å². The first kappa shape index (κ1) is 45.4. The predicted molar refractivity (Wildman–Crippen MR) is 221 cm³/mol. The zero-order chi connectivity index (χ0) is 40.1. The molecule has 3 N–H and O–H groups in total. The van der Waals surface area contributed by atoms with E-state index < -0.39 is 24.2 Å². The molecule has 0 saturated carbocycles. The number of methoxy groups -OCH3 is 2. The Morgan fingerprint density at radius 1 is 1.02 bits per heavy atom. The van der Waals surface area contributed by atoms with E-state index in [1.165, 1.54) is 5.56 Å². The van der Waals surface area contributed by atoms with E-state index in [-0.39, 0.29) is 66.0 Å². The second kappa shape index (κ2) is 21.9. The summed E-state index contributed by atoms with van der Waals surface area (Å²) in [5.74, 6) is -0.715. The van der Waals surface area contributed by atoms with Crippen molar-refractivity contribution < 1.29 is 23.9 Å². The molecule has 9 atom stereocenters. The summed E-state index contributed by atoms with van der Waals surface area (Å²) in [6.45, 7) is 14.6. The Bertz CT molecular complexity index is 1460. The van der Waals surface area contributed by atoms with Crippen LogP contribution in [-0.2, 0) is 30.3 Å². The molecule has 1 aliphatic heterocycles. The molecule has 1 fully saturated rings. The molecule has 1 aromatic carbocycles. The van der Waals surface area contributed by atoms with Crippen LogP contribution in [0.3, 0.4) is 0 Å².